The molecule has 0 saturated carbocycles. The van der Waals surface area contributed by atoms with Crippen molar-refractivity contribution >= 4 is 11.6 Å². The van der Waals surface area contributed by atoms with Gasteiger partial charge in [0, 0.05) is 16.1 Å². The molecular weight excluding hydrogens is 395 g/mol. The molecule has 0 bridgehead atoms. The summed E-state index contributed by atoms with van der Waals surface area (Å²) in [7, 11) is 0. The molecule has 2 heterocycles. The minimum Gasteiger partial charge on any atom is -0.494 e. The topological polar surface area (TPSA) is 97.0 Å². The van der Waals surface area contributed by atoms with E-state index in [1.165, 1.54) is 12.1 Å². The molecule has 0 spiro atoms. The van der Waals surface area contributed by atoms with Gasteiger partial charge >= 0.3 is 0 Å². The third-order valence-corrected chi connectivity index (χ3v) is 5.01. The molecule has 146 valence electrons. The molecule has 2 aromatic carbocycles. The third kappa shape index (κ3) is 3.18. The fourth-order valence-electron chi connectivity index (χ4n) is 3.42. The summed E-state index contributed by atoms with van der Waals surface area (Å²) >= 11 is 6.32. The number of H-pyrrole nitrogens is 1. The van der Waals surface area contributed by atoms with E-state index in [-0.39, 0.29) is 27.9 Å². The van der Waals surface area contributed by atoms with E-state index in [0.29, 0.717) is 17.9 Å². The number of halogens is 2. The Bertz CT molecular complexity index is 1130. The Labute approximate surface area is 171 Å². The summed E-state index contributed by atoms with van der Waals surface area (Å²) in [6, 6.07) is 13.7. The van der Waals surface area contributed by atoms with Gasteiger partial charge in [-0.05, 0) is 43.3 Å². The zero-order chi connectivity index (χ0) is 20.5. The summed E-state index contributed by atoms with van der Waals surface area (Å²) in [5.41, 5.74) is 7.98. The van der Waals surface area contributed by atoms with Crippen molar-refractivity contribution in [3.63, 3.8) is 0 Å². The molecule has 0 saturated heterocycles. The van der Waals surface area contributed by atoms with Gasteiger partial charge in [0.25, 0.3) is 0 Å². The van der Waals surface area contributed by atoms with Crippen LogP contribution in [-0.2, 0) is 0 Å². The molecule has 0 amide bonds. The van der Waals surface area contributed by atoms with E-state index in [4.69, 9.17) is 26.8 Å². The van der Waals surface area contributed by atoms with Crippen LogP contribution in [0.1, 0.15) is 24.0 Å². The minimum atomic E-state index is -0.863. The molecule has 3 N–H and O–H groups in total. The number of allylic oxidation sites excluding steroid dienone is 1. The second-order valence-corrected chi connectivity index (χ2v) is 6.74. The Balaban J connectivity index is 1.92. The van der Waals surface area contributed by atoms with Crippen LogP contribution in [0.4, 0.5) is 4.39 Å². The molecule has 6 nitrogen and oxygen atoms in total. The van der Waals surface area contributed by atoms with E-state index in [1.807, 2.05) is 37.3 Å². The number of nitrogens with two attached hydrogens (primary N) is 1. The normalized spacial score (nSPS) is 15.4. The lowest BCUT2D eigenvalue weighted by molar-refractivity contribution is 0.340. The maximum Gasteiger partial charge on any atom is 0.244 e. The van der Waals surface area contributed by atoms with Crippen LogP contribution in [0.15, 0.2) is 53.9 Å². The first kappa shape index (κ1) is 18.8. The molecule has 1 aliphatic heterocycles. The number of aromatic amines is 1. The van der Waals surface area contributed by atoms with Crippen molar-refractivity contribution in [1.29, 1.82) is 5.26 Å². The monoisotopic (exact) mass is 410 g/mol. The number of hydrogen-bond acceptors (Lipinski definition) is 5. The van der Waals surface area contributed by atoms with Gasteiger partial charge in [-0.2, -0.15) is 5.26 Å². The number of nitriles is 1. The number of rotatable bonds is 4. The number of ether oxygens (including phenoxy) is 2. The first-order valence-corrected chi connectivity index (χ1v) is 9.25. The van der Waals surface area contributed by atoms with Crippen LogP contribution in [0.5, 0.6) is 11.6 Å². The second kappa shape index (κ2) is 7.49. The Kier molecular flexibility index (Phi) is 4.87. The number of benzene rings is 2. The number of nitrogens with one attached hydrogen (secondary N) is 1. The van der Waals surface area contributed by atoms with Gasteiger partial charge in [-0.1, -0.05) is 17.7 Å². The highest BCUT2D eigenvalue weighted by Gasteiger charge is 2.38. The summed E-state index contributed by atoms with van der Waals surface area (Å²) in [6.45, 7) is 2.45. The SMILES string of the molecule is CCOc1ccc(-c2[nH]nc3c2[C@H](c2c(F)cccc2Cl)C(C#N)=C(N)O3)cc1. The predicted octanol–water partition coefficient (Wildman–Crippen LogP) is 4.49. The largest absolute Gasteiger partial charge is 0.494 e. The average Bonchev–Trinajstić information content (AvgIpc) is 3.12. The first-order chi connectivity index (χ1) is 14.0. The summed E-state index contributed by atoms with van der Waals surface area (Å²) in [6.07, 6.45) is 0. The highest BCUT2D eigenvalue weighted by Crippen LogP contribution is 2.47. The van der Waals surface area contributed by atoms with E-state index in [1.54, 1.807) is 6.07 Å². The summed E-state index contributed by atoms with van der Waals surface area (Å²) < 4.78 is 25.8. The second-order valence-electron chi connectivity index (χ2n) is 6.33. The van der Waals surface area contributed by atoms with Crippen LogP contribution in [0.3, 0.4) is 0 Å². The Hall–Kier alpha value is -3.50. The van der Waals surface area contributed by atoms with Gasteiger partial charge in [-0.25, -0.2) is 4.39 Å². The number of fused-ring (bicyclic) bond motifs is 1. The van der Waals surface area contributed by atoms with E-state index < -0.39 is 11.7 Å². The minimum absolute atomic E-state index is 0.0677. The molecule has 1 aliphatic rings. The summed E-state index contributed by atoms with van der Waals surface area (Å²) in [5, 5.41) is 17.0. The number of nitrogens with zero attached hydrogens (tertiary/aromatic N) is 2. The standard InChI is InChI=1S/C21H16ClFN4O2/c1-2-28-12-8-6-11(7-9-12)19-18-16(17-14(22)4-3-5-15(17)23)13(10-24)20(25)29-21(18)27-26-19/h3-9,16H,2,25H2,1H3,(H,26,27)/t16-/m0/s1. The van der Waals surface area contributed by atoms with Gasteiger partial charge in [-0.3, -0.25) is 5.10 Å². The fraction of sp³-hybridized carbons (Fsp3) is 0.143. The van der Waals surface area contributed by atoms with Crippen LogP contribution in [0, 0.1) is 17.1 Å². The molecule has 3 aromatic rings. The molecule has 4 rings (SSSR count). The van der Waals surface area contributed by atoms with Gasteiger partial charge in [0.15, 0.2) is 0 Å². The van der Waals surface area contributed by atoms with Crippen LogP contribution in [-0.4, -0.2) is 16.8 Å². The molecule has 0 unspecified atom stereocenters. The van der Waals surface area contributed by atoms with Gasteiger partial charge in [0.2, 0.25) is 11.8 Å². The molecule has 29 heavy (non-hydrogen) atoms. The van der Waals surface area contributed by atoms with Gasteiger partial charge < -0.3 is 15.2 Å². The van der Waals surface area contributed by atoms with E-state index >= 15 is 0 Å². The lowest BCUT2D eigenvalue weighted by Gasteiger charge is -2.25. The third-order valence-electron chi connectivity index (χ3n) is 4.68. The molecular formula is C21H16ClFN4O2. The number of aromatic nitrogens is 2. The van der Waals surface area contributed by atoms with Crippen molar-refractivity contribution in [2.75, 3.05) is 6.61 Å². The fourth-order valence-corrected chi connectivity index (χ4v) is 3.70. The van der Waals surface area contributed by atoms with Crippen molar-refractivity contribution in [3.05, 3.63) is 75.9 Å². The summed E-state index contributed by atoms with van der Waals surface area (Å²) in [4.78, 5) is 0. The van der Waals surface area contributed by atoms with Crippen molar-refractivity contribution < 1.29 is 13.9 Å². The summed E-state index contributed by atoms with van der Waals surface area (Å²) in [5.74, 6) is -0.646. The molecule has 0 radical (unpaired) electrons. The predicted molar refractivity (Wildman–Crippen MR) is 106 cm³/mol. The molecule has 8 heteroatoms. The maximum atomic E-state index is 14.8. The van der Waals surface area contributed by atoms with E-state index in [9.17, 15) is 9.65 Å². The Morgan fingerprint density at radius 2 is 2.03 bits per heavy atom. The van der Waals surface area contributed by atoms with Crippen LogP contribution in [0.25, 0.3) is 11.3 Å². The Morgan fingerprint density at radius 3 is 2.69 bits per heavy atom. The maximum absolute atomic E-state index is 14.8. The van der Waals surface area contributed by atoms with Crippen molar-refractivity contribution in [3.8, 4) is 29.0 Å². The molecule has 0 aliphatic carbocycles. The quantitative estimate of drug-likeness (QED) is 0.660. The van der Waals surface area contributed by atoms with Crippen LogP contribution in [0.2, 0.25) is 5.02 Å². The average molecular weight is 411 g/mol. The van der Waals surface area contributed by atoms with Crippen LogP contribution >= 0.6 is 11.6 Å². The van der Waals surface area contributed by atoms with E-state index in [0.717, 1.165) is 11.3 Å². The zero-order valence-electron chi connectivity index (χ0n) is 15.4. The smallest absolute Gasteiger partial charge is 0.244 e. The van der Waals surface area contributed by atoms with Crippen molar-refractivity contribution in [1.82, 2.24) is 10.2 Å². The van der Waals surface area contributed by atoms with Gasteiger partial charge in [-0.15, -0.1) is 5.10 Å². The lowest BCUT2D eigenvalue weighted by Crippen LogP contribution is -2.21. The van der Waals surface area contributed by atoms with Crippen molar-refractivity contribution in [2.45, 2.75) is 12.8 Å². The Morgan fingerprint density at radius 1 is 1.28 bits per heavy atom. The zero-order valence-corrected chi connectivity index (χ0v) is 16.1. The van der Waals surface area contributed by atoms with E-state index in [2.05, 4.69) is 10.2 Å². The number of hydrogen-bond donors (Lipinski definition) is 2. The van der Waals surface area contributed by atoms with Crippen molar-refractivity contribution in [2.24, 2.45) is 5.73 Å². The molecule has 1 aromatic heterocycles. The lowest BCUT2D eigenvalue weighted by atomic mass is 9.82. The van der Waals surface area contributed by atoms with Gasteiger partial charge in [0.05, 0.1) is 23.8 Å². The highest BCUT2D eigenvalue weighted by molar-refractivity contribution is 6.31. The van der Waals surface area contributed by atoms with Gasteiger partial charge in [0.1, 0.15) is 23.2 Å². The first-order valence-electron chi connectivity index (χ1n) is 8.88. The molecule has 0 fully saturated rings. The molecule has 1 atom stereocenters. The van der Waals surface area contributed by atoms with Crippen LogP contribution < -0.4 is 15.2 Å². The highest BCUT2D eigenvalue weighted by atomic mass is 35.5.